The largest absolute Gasteiger partial charge is 0.468 e. The van der Waals surface area contributed by atoms with Gasteiger partial charge in [-0.15, -0.1) is 0 Å². The van der Waals surface area contributed by atoms with Crippen molar-refractivity contribution in [1.82, 2.24) is 15.6 Å². The Kier molecular flexibility index (Phi) is 7.00. The van der Waals surface area contributed by atoms with Gasteiger partial charge in [0.15, 0.2) is 0 Å². The van der Waals surface area contributed by atoms with Gasteiger partial charge < -0.3 is 19.8 Å². The van der Waals surface area contributed by atoms with Crippen molar-refractivity contribution in [3.8, 4) is 0 Å². The summed E-state index contributed by atoms with van der Waals surface area (Å²) in [5.74, 6) is -0.332. The number of aromatic nitrogens is 1. The number of carbonyl (C=O) groups excluding carboxylic acids is 2. The van der Waals surface area contributed by atoms with Gasteiger partial charge in [0.05, 0.1) is 19.2 Å². The van der Waals surface area contributed by atoms with Crippen LogP contribution in [0.3, 0.4) is 0 Å². The molecule has 4 aromatic rings. The minimum atomic E-state index is -0.535. The van der Waals surface area contributed by atoms with Crippen LogP contribution in [0.15, 0.2) is 84.9 Å². The van der Waals surface area contributed by atoms with Gasteiger partial charge in [-0.05, 0) is 29.2 Å². The average molecular weight is 484 g/mol. The number of nitrogens with one attached hydrogen (secondary N) is 3. The van der Waals surface area contributed by atoms with E-state index in [1.807, 2.05) is 78.9 Å². The number of esters is 1. The van der Waals surface area contributed by atoms with Crippen molar-refractivity contribution >= 4 is 23.0 Å². The molecule has 3 aromatic carbocycles. The molecule has 3 N–H and O–H groups in total. The molecule has 2 heterocycles. The first-order valence-electron chi connectivity index (χ1n) is 12.1. The smallest absolute Gasteiger partial charge is 0.407 e. The van der Waals surface area contributed by atoms with Crippen LogP contribution in [0.2, 0.25) is 0 Å². The van der Waals surface area contributed by atoms with Crippen LogP contribution >= 0.6 is 0 Å². The Morgan fingerprint density at radius 2 is 1.61 bits per heavy atom. The quantitative estimate of drug-likeness (QED) is 0.338. The van der Waals surface area contributed by atoms with Crippen LogP contribution < -0.4 is 10.6 Å². The molecule has 0 spiro atoms. The Hall–Kier alpha value is -4.10. The maximum Gasteiger partial charge on any atom is 0.407 e. The number of carbonyl (C=O) groups is 2. The SMILES string of the molecule is COC(=O)[C@@H]1Cc2c([nH]c3ccccc23)[C@@H]([C@H](Cc2ccccc2)NC(=O)OCc2ccccc2)N1. The van der Waals surface area contributed by atoms with E-state index in [0.717, 1.165) is 33.3 Å². The van der Waals surface area contributed by atoms with Gasteiger partial charge in [0, 0.05) is 23.0 Å². The zero-order valence-electron chi connectivity index (χ0n) is 20.1. The molecule has 0 saturated carbocycles. The van der Waals surface area contributed by atoms with E-state index >= 15 is 0 Å². The van der Waals surface area contributed by atoms with Crippen LogP contribution in [0.5, 0.6) is 0 Å². The molecule has 0 fully saturated rings. The van der Waals surface area contributed by atoms with Gasteiger partial charge in [0.1, 0.15) is 12.6 Å². The van der Waals surface area contributed by atoms with Crippen molar-refractivity contribution in [3.63, 3.8) is 0 Å². The summed E-state index contributed by atoms with van der Waals surface area (Å²) in [7, 11) is 1.39. The van der Waals surface area contributed by atoms with Crippen LogP contribution in [0.25, 0.3) is 10.9 Å². The molecule has 1 aliphatic heterocycles. The van der Waals surface area contributed by atoms with Crippen LogP contribution in [-0.4, -0.2) is 36.2 Å². The average Bonchev–Trinajstić information content (AvgIpc) is 3.30. The Morgan fingerprint density at radius 3 is 2.33 bits per heavy atom. The van der Waals surface area contributed by atoms with E-state index in [-0.39, 0.29) is 18.6 Å². The number of rotatable bonds is 7. The maximum atomic E-state index is 13.0. The monoisotopic (exact) mass is 483 g/mol. The summed E-state index contributed by atoms with van der Waals surface area (Å²) >= 11 is 0. The lowest BCUT2D eigenvalue weighted by Crippen LogP contribution is -2.53. The first kappa shape index (κ1) is 23.6. The second-order valence-electron chi connectivity index (χ2n) is 8.99. The highest BCUT2D eigenvalue weighted by molar-refractivity contribution is 5.87. The van der Waals surface area contributed by atoms with E-state index < -0.39 is 18.2 Å². The number of amides is 1. The predicted octanol–water partition coefficient (Wildman–Crippen LogP) is 4.43. The third kappa shape index (κ3) is 5.11. The highest BCUT2D eigenvalue weighted by atomic mass is 16.5. The van der Waals surface area contributed by atoms with E-state index in [1.165, 1.54) is 7.11 Å². The van der Waals surface area contributed by atoms with E-state index in [4.69, 9.17) is 9.47 Å². The zero-order chi connectivity index (χ0) is 24.9. The molecule has 0 radical (unpaired) electrons. The second-order valence-corrected chi connectivity index (χ2v) is 8.99. The molecule has 3 atom stereocenters. The minimum absolute atomic E-state index is 0.172. The number of aromatic amines is 1. The Morgan fingerprint density at radius 1 is 0.944 bits per heavy atom. The standard InChI is InChI=1S/C29H29N3O4/c1-35-28(33)25-17-22-21-14-8-9-15-23(21)30-26(22)27(31-25)24(16-19-10-4-2-5-11-19)32-29(34)36-18-20-12-6-3-7-13-20/h2-15,24-25,27,30-31H,16-18H2,1H3,(H,32,34)/t24-,25-,27+/m0/s1. The molecule has 0 unspecified atom stereocenters. The second kappa shape index (κ2) is 10.7. The predicted molar refractivity (Wildman–Crippen MR) is 137 cm³/mol. The summed E-state index contributed by atoms with van der Waals surface area (Å²) in [6.07, 6.45) is 0.528. The highest BCUT2D eigenvalue weighted by Gasteiger charge is 2.38. The Bertz CT molecular complexity index is 1340. The normalized spacial score (nSPS) is 17.7. The Labute approximate surface area is 209 Å². The van der Waals surface area contributed by atoms with Crippen LogP contribution in [0.4, 0.5) is 4.79 Å². The summed E-state index contributed by atoms with van der Waals surface area (Å²) in [6.45, 7) is 0.172. The van der Waals surface area contributed by atoms with Gasteiger partial charge in [0.25, 0.3) is 0 Å². The van der Waals surface area contributed by atoms with Crippen molar-refractivity contribution in [2.75, 3.05) is 7.11 Å². The number of ether oxygens (including phenoxy) is 2. The molecular weight excluding hydrogens is 454 g/mol. The lowest BCUT2D eigenvalue weighted by atomic mass is 9.88. The third-order valence-electron chi connectivity index (χ3n) is 6.65. The fraction of sp³-hybridized carbons (Fsp3) is 0.241. The molecule has 184 valence electrons. The van der Waals surface area contributed by atoms with Crippen molar-refractivity contribution in [2.45, 2.75) is 37.6 Å². The molecule has 1 amide bonds. The number of hydrogen-bond donors (Lipinski definition) is 3. The molecule has 0 aliphatic carbocycles. The van der Waals surface area contributed by atoms with Gasteiger partial charge >= 0.3 is 12.1 Å². The number of hydrogen-bond acceptors (Lipinski definition) is 5. The van der Waals surface area contributed by atoms with Crippen LogP contribution in [-0.2, 0) is 33.7 Å². The van der Waals surface area contributed by atoms with E-state index in [0.29, 0.717) is 12.8 Å². The minimum Gasteiger partial charge on any atom is -0.468 e. The topological polar surface area (TPSA) is 92.5 Å². The highest BCUT2D eigenvalue weighted by Crippen LogP contribution is 2.34. The number of fused-ring (bicyclic) bond motifs is 3. The van der Waals surface area contributed by atoms with Crippen molar-refractivity contribution in [1.29, 1.82) is 0 Å². The number of methoxy groups -OCH3 is 1. The molecule has 7 heteroatoms. The first-order valence-corrected chi connectivity index (χ1v) is 12.1. The van der Waals surface area contributed by atoms with Gasteiger partial charge in [-0.25, -0.2) is 4.79 Å². The van der Waals surface area contributed by atoms with Crippen LogP contribution in [0.1, 0.15) is 28.4 Å². The Balaban J connectivity index is 1.47. The van der Waals surface area contributed by atoms with Crippen molar-refractivity contribution in [3.05, 3.63) is 107 Å². The summed E-state index contributed by atoms with van der Waals surface area (Å²) in [5, 5.41) is 7.58. The number of benzene rings is 3. The maximum absolute atomic E-state index is 13.0. The van der Waals surface area contributed by atoms with E-state index in [9.17, 15) is 9.59 Å². The van der Waals surface area contributed by atoms with Crippen LogP contribution in [0, 0.1) is 0 Å². The number of H-pyrrole nitrogens is 1. The molecule has 7 nitrogen and oxygen atoms in total. The fourth-order valence-corrected chi connectivity index (χ4v) is 4.92. The molecule has 0 bridgehead atoms. The number of alkyl carbamates (subject to hydrolysis) is 1. The first-order chi connectivity index (χ1) is 17.6. The van der Waals surface area contributed by atoms with E-state index in [1.54, 1.807) is 0 Å². The summed E-state index contributed by atoms with van der Waals surface area (Å²) in [4.78, 5) is 29.1. The third-order valence-corrected chi connectivity index (χ3v) is 6.65. The summed E-state index contributed by atoms with van der Waals surface area (Å²) < 4.78 is 10.6. The lowest BCUT2D eigenvalue weighted by molar-refractivity contribution is -0.143. The summed E-state index contributed by atoms with van der Waals surface area (Å²) in [6, 6.07) is 26.3. The number of para-hydroxylation sites is 1. The molecule has 36 heavy (non-hydrogen) atoms. The van der Waals surface area contributed by atoms with Gasteiger partial charge in [-0.1, -0.05) is 78.9 Å². The van der Waals surface area contributed by atoms with Crippen molar-refractivity contribution < 1.29 is 19.1 Å². The zero-order valence-corrected chi connectivity index (χ0v) is 20.1. The van der Waals surface area contributed by atoms with E-state index in [2.05, 4.69) is 21.7 Å². The van der Waals surface area contributed by atoms with Gasteiger partial charge in [-0.2, -0.15) is 0 Å². The van der Waals surface area contributed by atoms with Crippen molar-refractivity contribution in [2.24, 2.45) is 0 Å². The van der Waals surface area contributed by atoms with Gasteiger partial charge in [0.2, 0.25) is 0 Å². The molecule has 0 saturated heterocycles. The molecule has 1 aromatic heterocycles. The molecule has 1 aliphatic rings. The lowest BCUT2D eigenvalue weighted by Gasteiger charge is -2.35. The molecule has 5 rings (SSSR count). The van der Waals surface area contributed by atoms with Gasteiger partial charge in [-0.3, -0.25) is 10.1 Å². The summed E-state index contributed by atoms with van der Waals surface area (Å²) in [5.41, 5.74) is 4.98. The molecular formula is C29H29N3O4. The fourth-order valence-electron chi connectivity index (χ4n) is 4.92.